The number of carboxylic acids is 1. The van der Waals surface area contributed by atoms with E-state index in [0.717, 1.165) is 12.8 Å². The monoisotopic (exact) mass is 264 g/mol. The molecular weight excluding hydrogens is 248 g/mol. The van der Waals surface area contributed by atoms with Gasteiger partial charge in [-0.1, -0.05) is 6.42 Å². The van der Waals surface area contributed by atoms with Crippen molar-refractivity contribution in [2.75, 3.05) is 13.1 Å². The minimum atomic E-state index is -0.778. The lowest BCUT2D eigenvalue weighted by atomic mass is 9.81. The Balaban J connectivity index is 1.85. The number of aromatic nitrogens is 1. The molecule has 19 heavy (non-hydrogen) atoms. The minimum absolute atomic E-state index is 0.0668. The van der Waals surface area contributed by atoms with Gasteiger partial charge in [0.05, 0.1) is 11.1 Å². The third-order valence-electron chi connectivity index (χ3n) is 4.52. The molecule has 0 bridgehead atoms. The molecule has 6 nitrogen and oxygen atoms in total. The van der Waals surface area contributed by atoms with Crippen LogP contribution in [-0.2, 0) is 4.79 Å². The van der Waals surface area contributed by atoms with Gasteiger partial charge in [-0.3, -0.25) is 9.59 Å². The summed E-state index contributed by atoms with van der Waals surface area (Å²) in [6, 6.07) is 0. The molecule has 1 N–H and O–H groups in total. The van der Waals surface area contributed by atoms with Gasteiger partial charge in [0.2, 0.25) is 5.76 Å². The smallest absolute Gasteiger partial charge is 0.311 e. The molecule has 2 heterocycles. The van der Waals surface area contributed by atoms with Gasteiger partial charge < -0.3 is 14.4 Å². The zero-order chi connectivity index (χ0) is 13.6. The highest BCUT2D eigenvalue weighted by molar-refractivity contribution is 5.93. The Morgan fingerprint density at radius 1 is 1.58 bits per heavy atom. The number of aryl methyl sites for hydroxylation is 1. The van der Waals surface area contributed by atoms with Crippen LogP contribution in [0, 0.1) is 18.3 Å². The fourth-order valence-electron chi connectivity index (χ4n) is 3.44. The summed E-state index contributed by atoms with van der Waals surface area (Å²) in [6.07, 6.45) is 3.71. The van der Waals surface area contributed by atoms with Crippen LogP contribution in [0.25, 0.3) is 0 Å². The van der Waals surface area contributed by atoms with E-state index >= 15 is 0 Å². The predicted octanol–water partition coefficient (Wildman–Crippen LogP) is 1.31. The molecule has 1 aromatic heterocycles. The van der Waals surface area contributed by atoms with Crippen LogP contribution in [0.5, 0.6) is 0 Å². The molecule has 1 amide bonds. The van der Waals surface area contributed by atoms with E-state index in [1.165, 1.54) is 6.39 Å². The third-order valence-corrected chi connectivity index (χ3v) is 4.52. The number of aliphatic carboxylic acids is 1. The molecule has 6 heteroatoms. The van der Waals surface area contributed by atoms with Gasteiger partial charge in [-0.15, -0.1) is 0 Å². The van der Waals surface area contributed by atoms with Crippen molar-refractivity contribution in [1.29, 1.82) is 0 Å². The number of carbonyl (C=O) groups excluding carboxylic acids is 1. The largest absolute Gasteiger partial charge is 0.481 e. The molecule has 3 rings (SSSR count). The van der Waals surface area contributed by atoms with E-state index < -0.39 is 11.4 Å². The SMILES string of the molecule is Cc1ncoc1C(=O)N1C[C@@H]2CCC[C@@]2(C(=O)O)C1. The van der Waals surface area contributed by atoms with Crippen molar-refractivity contribution < 1.29 is 19.1 Å². The van der Waals surface area contributed by atoms with E-state index in [0.29, 0.717) is 18.7 Å². The number of amides is 1. The number of hydrogen-bond donors (Lipinski definition) is 1. The molecule has 0 aromatic carbocycles. The van der Waals surface area contributed by atoms with Crippen molar-refractivity contribution in [1.82, 2.24) is 9.88 Å². The van der Waals surface area contributed by atoms with Crippen molar-refractivity contribution in [3.8, 4) is 0 Å². The number of nitrogens with zero attached hydrogens (tertiary/aromatic N) is 2. The summed E-state index contributed by atoms with van der Waals surface area (Å²) in [7, 11) is 0. The maximum atomic E-state index is 12.3. The summed E-state index contributed by atoms with van der Waals surface area (Å²) < 4.78 is 5.10. The average Bonchev–Trinajstić information content (AvgIpc) is 3.00. The zero-order valence-electron chi connectivity index (χ0n) is 10.8. The summed E-state index contributed by atoms with van der Waals surface area (Å²) in [5, 5.41) is 9.49. The second-order valence-corrected chi connectivity index (χ2v) is 5.50. The molecule has 2 atom stereocenters. The van der Waals surface area contributed by atoms with Gasteiger partial charge in [-0.2, -0.15) is 0 Å². The van der Waals surface area contributed by atoms with Crippen LogP contribution in [0.2, 0.25) is 0 Å². The van der Waals surface area contributed by atoms with Gasteiger partial charge in [0.25, 0.3) is 5.91 Å². The highest BCUT2D eigenvalue weighted by Gasteiger charge is 2.56. The Bertz CT molecular complexity index is 539. The molecule has 1 aliphatic carbocycles. The van der Waals surface area contributed by atoms with Crippen LogP contribution in [0.4, 0.5) is 0 Å². The first-order valence-corrected chi connectivity index (χ1v) is 6.47. The van der Waals surface area contributed by atoms with E-state index in [2.05, 4.69) is 4.98 Å². The van der Waals surface area contributed by atoms with E-state index in [1.807, 2.05) is 0 Å². The van der Waals surface area contributed by atoms with Gasteiger partial charge in [-0.05, 0) is 25.7 Å². The Hall–Kier alpha value is -1.85. The molecule has 1 aliphatic heterocycles. The number of hydrogen-bond acceptors (Lipinski definition) is 4. The van der Waals surface area contributed by atoms with Gasteiger partial charge >= 0.3 is 5.97 Å². The first-order chi connectivity index (χ1) is 9.04. The van der Waals surface area contributed by atoms with Crippen molar-refractivity contribution in [2.45, 2.75) is 26.2 Å². The van der Waals surface area contributed by atoms with E-state index in [-0.39, 0.29) is 24.1 Å². The number of oxazole rings is 1. The normalized spacial score (nSPS) is 29.5. The van der Waals surface area contributed by atoms with Crippen molar-refractivity contribution in [2.24, 2.45) is 11.3 Å². The first-order valence-electron chi connectivity index (χ1n) is 6.47. The molecule has 0 radical (unpaired) electrons. The van der Waals surface area contributed by atoms with Gasteiger partial charge in [0.15, 0.2) is 6.39 Å². The van der Waals surface area contributed by atoms with Crippen LogP contribution < -0.4 is 0 Å². The highest BCUT2D eigenvalue weighted by Crippen LogP contribution is 2.49. The van der Waals surface area contributed by atoms with Crippen molar-refractivity contribution in [3.63, 3.8) is 0 Å². The number of likely N-dealkylation sites (tertiary alicyclic amines) is 1. The van der Waals surface area contributed by atoms with Crippen LogP contribution in [-0.4, -0.2) is 40.0 Å². The van der Waals surface area contributed by atoms with Crippen LogP contribution in [0.15, 0.2) is 10.8 Å². The second kappa shape index (κ2) is 4.08. The fourth-order valence-corrected chi connectivity index (χ4v) is 3.44. The topological polar surface area (TPSA) is 83.6 Å². The number of carbonyl (C=O) groups is 2. The lowest BCUT2D eigenvalue weighted by molar-refractivity contribution is -0.149. The Kier molecular flexibility index (Phi) is 2.62. The predicted molar refractivity (Wildman–Crippen MR) is 64.6 cm³/mol. The zero-order valence-corrected chi connectivity index (χ0v) is 10.8. The van der Waals surface area contributed by atoms with Gasteiger partial charge in [0.1, 0.15) is 0 Å². The molecule has 1 saturated carbocycles. The van der Waals surface area contributed by atoms with Crippen molar-refractivity contribution in [3.05, 3.63) is 17.8 Å². The molecule has 1 saturated heterocycles. The van der Waals surface area contributed by atoms with Gasteiger partial charge in [0, 0.05) is 13.1 Å². The second-order valence-electron chi connectivity index (χ2n) is 5.50. The van der Waals surface area contributed by atoms with Crippen LogP contribution in [0.1, 0.15) is 35.5 Å². The summed E-state index contributed by atoms with van der Waals surface area (Å²) in [6.45, 7) is 2.50. The Labute approximate surface area is 110 Å². The maximum Gasteiger partial charge on any atom is 0.311 e. The highest BCUT2D eigenvalue weighted by atomic mass is 16.4. The molecule has 1 aromatic rings. The molecule has 2 aliphatic rings. The standard InChI is InChI=1S/C13H16N2O4/c1-8-10(19-7-14-8)11(16)15-5-9-3-2-4-13(9,6-15)12(17)18/h7,9H,2-6H2,1H3,(H,17,18)/t9-,13+/m0/s1. The summed E-state index contributed by atoms with van der Waals surface area (Å²) in [5.74, 6) is -0.734. The molecule has 0 spiro atoms. The summed E-state index contributed by atoms with van der Waals surface area (Å²) in [4.78, 5) is 29.4. The number of fused-ring (bicyclic) bond motifs is 1. The molecule has 102 valence electrons. The van der Waals surface area contributed by atoms with Crippen LogP contribution in [0.3, 0.4) is 0 Å². The minimum Gasteiger partial charge on any atom is -0.481 e. The Morgan fingerprint density at radius 2 is 2.37 bits per heavy atom. The lowest BCUT2D eigenvalue weighted by Crippen LogP contribution is -2.37. The maximum absolute atomic E-state index is 12.3. The fraction of sp³-hybridized carbons (Fsp3) is 0.615. The average molecular weight is 264 g/mol. The number of carboxylic acid groups (broad SMARTS) is 1. The Morgan fingerprint density at radius 3 is 2.95 bits per heavy atom. The molecule has 2 fully saturated rings. The lowest BCUT2D eigenvalue weighted by Gasteiger charge is -2.22. The summed E-state index contributed by atoms with van der Waals surface area (Å²) >= 11 is 0. The first kappa shape index (κ1) is 12.2. The molecular formula is C13H16N2O4. The van der Waals surface area contributed by atoms with E-state index in [9.17, 15) is 14.7 Å². The summed E-state index contributed by atoms with van der Waals surface area (Å²) in [5.41, 5.74) is -0.199. The van der Waals surface area contributed by atoms with Crippen LogP contribution >= 0.6 is 0 Å². The quantitative estimate of drug-likeness (QED) is 0.870. The molecule has 0 unspecified atom stereocenters. The third kappa shape index (κ3) is 1.66. The van der Waals surface area contributed by atoms with Crippen molar-refractivity contribution >= 4 is 11.9 Å². The number of rotatable bonds is 2. The van der Waals surface area contributed by atoms with Gasteiger partial charge in [-0.25, -0.2) is 4.98 Å². The van der Waals surface area contributed by atoms with E-state index in [1.54, 1.807) is 11.8 Å². The van der Waals surface area contributed by atoms with E-state index in [4.69, 9.17) is 4.42 Å².